The molecule has 2 aromatic rings. The van der Waals surface area contributed by atoms with Gasteiger partial charge in [0.2, 0.25) is 0 Å². The predicted octanol–water partition coefficient (Wildman–Crippen LogP) is 3.91. The molecule has 0 spiro atoms. The summed E-state index contributed by atoms with van der Waals surface area (Å²) in [6.07, 6.45) is 1.12. The lowest BCUT2D eigenvalue weighted by atomic mass is 9.98. The third-order valence-corrected chi connectivity index (χ3v) is 3.70. The van der Waals surface area contributed by atoms with Crippen LogP contribution in [0.1, 0.15) is 62.9 Å². The van der Waals surface area contributed by atoms with Crippen LogP contribution in [0.15, 0.2) is 6.07 Å². The maximum atomic E-state index is 4.85. The van der Waals surface area contributed by atoms with E-state index in [1.165, 1.54) is 16.6 Å². The van der Waals surface area contributed by atoms with Crippen molar-refractivity contribution in [2.45, 2.75) is 52.9 Å². The van der Waals surface area contributed by atoms with Crippen LogP contribution >= 0.6 is 0 Å². The molecule has 0 bridgehead atoms. The SMILES string of the molecule is CCC(C)c1nc2c(cc1C)c(C(C)C)nn2C. The summed E-state index contributed by atoms with van der Waals surface area (Å²) in [7, 11) is 1.98. The van der Waals surface area contributed by atoms with Crippen LogP contribution in [0.25, 0.3) is 11.0 Å². The second-order valence-corrected chi connectivity index (χ2v) is 5.53. The van der Waals surface area contributed by atoms with Gasteiger partial charge >= 0.3 is 0 Å². The predicted molar refractivity (Wildman–Crippen MR) is 76.0 cm³/mol. The molecule has 0 saturated heterocycles. The molecule has 0 aliphatic heterocycles. The van der Waals surface area contributed by atoms with Gasteiger partial charge in [-0.25, -0.2) is 4.98 Å². The third kappa shape index (κ3) is 2.02. The van der Waals surface area contributed by atoms with Gasteiger partial charge in [-0.1, -0.05) is 27.7 Å². The van der Waals surface area contributed by atoms with Crippen molar-refractivity contribution in [3.63, 3.8) is 0 Å². The molecule has 1 atom stereocenters. The standard InChI is InChI=1S/C15H23N3/c1-7-10(4)14-11(5)8-12-13(9(2)3)17-18(6)15(12)16-14/h8-10H,7H2,1-6H3. The highest BCUT2D eigenvalue weighted by Gasteiger charge is 2.16. The van der Waals surface area contributed by atoms with Crippen molar-refractivity contribution in [1.29, 1.82) is 0 Å². The summed E-state index contributed by atoms with van der Waals surface area (Å²) < 4.78 is 1.91. The summed E-state index contributed by atoms with van der Waals surface area (Å²) in [5.74, 6) is 0.941. The van der Waals surface area contributed by atoms with Gasteiger partial charge in [0.05, 0.1) is 5.69 Å². The van der Waals surface area contributed by atoms with Crippen LogP contribution in [-0.4, -0.2) is 14.8 Å². The Bertz CT molecular complexity index is 567. The molecular weight excluding hydrogens is 222 g/mol. The highest BCUT2D eigenvalue weighted by molar-refractivity contribution is 5.80. The van der Waals surface area contributed by atoms with Crippen molar-refractivity contribution in [1.82, 2.24) is 14.8 Å². The zero-order valence-electron chi connectivity index (χ0n) is 12.3. The van der Waals surface area contributed by atoms with Gasteiger partial charge in [-0.15, -0.1) is 0 Å². The van der Waals surface area contributed by atoms with Crippen LogP contribution < -0.4 is 0 Å². The van der Waals surface area contributed by atoms with Gasteiger partial charge in [0.15, 0.2) is 5.65 Å². The number of nitrogens with zero attached hydrogens (tertiary/aromatic N) is 3. The Morgan fingerprint density at radius 1 is 1.22 bits per heavy atom. The van der Waals surface area contributed by atoms with E-state index in [0.29, 0.717) is 11.8 Å². The van der Waals surface area contributed by atoms with Gasteiger partial charge in [-0.05, 0) is 36.8 Å². The first kappa shape index (κ1) is 13.1. The Morgan fingerprint density at radius 2 is 1.89 bits per heavy atom. The fraction of sp³-hybridized carbons (Fsp3) is 0.600. The van der Waals surface area contributed by atoms with E-state index in [4.69, 9.17) is 4.98 Å². The maximum absolute atomic E-state index is 4.85. The summed E-state index contributed by atoms with van der Waals surface area (Å²) in [6.45, 7) is 11.0. The monoisotopic (exact) mass is 245 g/mol. The molecule has 3 nitrogen and oxygen atoms in total. The van der Waals surface area contributed by atoms with Crippen molar-refractivity contribution in [3.05, 3.63) is 23.0 Å². The molecule has 1 unspecified atom stereocenters. The third-order valence-electron chi connectivity index (χ3n) is 3.70. The molecule has 0 radical (unpaired) electrons. The molecule has 3 heteroatoms. The molecule has 0 N–H and O–H groups in total. The smallest absolute Gasteiger partial charge is 0.158 e. The second-order valence-electron chi connectivity index (χ2n) is 5.53. The summed E-state index contributed by atoms with van der Waals surface area (Å²) >= 11 is 0. The van der Waals surface area contributed by atoms with Crippen LogP contribution in [0.3, 0.4) is 0 Å². The average molecular weight is 245 g/mol. The lowest BCUT2D eigenvalue weighted by Crippen LogP contribution is -2.01. The number of hydrogen-bond donors (Lipinski definition) is 0. The molecule has 2 rings (SSSR count). The molecule has 98 valence electrons. The summed E-state index contributed by atoms with van der Waals surface area (Å²) in [5, 5.41) is 5.82. The summed E-state index contributed by atoms with van der Waals surface area (Å²) in [5.41, 5.74) is 4.66. The van der Waals surface area contributed by atoms with Crippen molar-refractivity contribution in [2.24, 2.45) is 7.05 Å². The zero-order valence-corrected chi connectivity index (χ0v) is 12.3. The minimum atomic E-state index is 0.435. The minimum Gasteiger partial charge on any atom is -0.250 e. The number of pyridine rings is 1. The quantitative estimate of drug-likeness (QED) is 0.820. The number of fused-ring (bicyclic) bond motifs is 1. The van der Waals surface area contributed by atoms with Crippen molar-refractivity contribution in [2.75, 3.05) is 0 Å². The minimum absolute atomic E-state index is 0.435. The Labute approximate surface area is 109 Å². The molecule has 0 aromatic carbocycles. The van der Waals surface area contributed by atoms with Crippen LogP contribution in [0.4, 0.5) is 0 Å². The molecular formula is C15H23N3. The van der Waals surface area contributed by atoms with Gasteiger partial charge in [0, 0.05) is 18.1 Å². The maximum Gasteiger partial charge on any atom is 0.158 e. The van der Waals surface area contributed by atoms with Crippen LogP contribution in [0.5, 0.6) is 0 Å². The average Bonchev–Trinajstić information content (AvgIpc) is 2.64. The Kier molecular flexibility index (Phi) is 3.42. The second kappa shape index (κ2) is 4.71. The lowest BCUT2D eigenvalue weighted by Gasteiger charge is -2.12. The number of aryl methyl sites for hydroxylation is 2. The van der Waals surface area contributed by atoms with E-state index >= 15 is 0 Å². The number of aromatic nitrogens is 3. The molecule has 2 heterocycles. The van der Waals surface area contributed by atoms with E-state index < -0.39 is 0 Å². The first-order valence-corrected chi connectivity index (χ1v) is 6.79. The molecule has 0 fully saturated rings. The van der Waals surface area contributed by atoms with Crippen molar-refractivity contribution >= 4 is 11.0 Å². The number of rotatable bonds is 3. The first-order valence-electron chi connectivity index (χ1n) is 6.79. The summed E-state index contributed by atoms with van der Waals surface area (Å²) in [4.78, 5) is 4.85. The van der Waals surface area contributed by atoms with Crippen molar-refractivity contribution < 1.29 is 0 Å². The van der Waals surface area contributed by atoms with E-state index in [1.54, 1.807) is 0 Å². The van der Waals surface area contributed by atoms with Gasteiger partial charge < -0.3 is 0 Å². The van der Waals surface area contributed by atoms with Crippen LogP contribution in [0, 0.1) is 6.92 Å². The van der Waals surface area contributed by atoms with E-state index in [-0.39, 0.29) is 0 Å². The molecule has 2 aromatic heterocycles. The molecule has 18 heavy (non-hydrogen) atoms. The Morgan fingerprint density at radius 3 is 2.44 bits per heavy atom. The Balaban J connectivity index is 2.69. The zero-order chi connectivity index (χ0) is 13.4. The fourth-order valence-corrected chi connectivity index (χ4v) is 2.43. The first-order chi connectivity index (χ1) is 8.45. The molecule has 0 aliphatic rings. The van der Waals surface area contributed by atoms with E-state index in [2.05, 4.69) is 45.8 Å². The van der Waals surface area contributed by atoms with Crippen LogP contribution in [-0.2, 0) is 7.05 Å². The van der Waals surface area contributed by atoms with E-state index in [0.717, 1.165) is 17.8 Å². The highest BCUT2D eigenvalue weighted by Crippen LogP contribution is 2.28. The summed E-state index contributed by atoms with van der Waals surface area (Å²) in [6, 6.07) is 2.26. The molecule has 0 amide bonds. The normalized spacial score (nSPS) is 13.5. The van der Waals surface area contributed by atoms with Crippen molar-refractivity contribution in [3.8, 4) is 0 Å². The van der Waals surface area contributed by atoms with E-state index in [9.17, 15) is 0 Å². The van der Waals surface area contributed by atoms with Crippen LogP contribution in [0.2, 0.25) is 0 Å². The van der Waals surface area contributed by atoms with E-state index in [1.807, 2.05) is 11.7 Å². The Hall–Kier alpha value is -1.38. The van der Waals surface area contributed by atoms with Gasteiger partial charge in [-0.3, -0.25) is 4.68 Å². The lowest BCUT2D eigenvalue weighted by molar-refractivity contribution is 0.694. The van der Waals surface area contributed by atoms with Gasteiger partial charge in [-0.2, -0.15) is 5.10 Å². The largest absolute Gasteiger partial charge is 0.250 e. The molecule has 0 saturated carbocycles. The molecule has 0 aliphatic carbocycles. The topological polar surface area (TPSA) is 30.7 Å². The fourth-order valence-electron chi connectivity index (χ4n) is 2.43. The number of hydrogen-bond acceptors (Lipinski definition) is 2. The van der Waals surface area contributed by atoms with Gasteiger partial charge in [0.1, 0.15) is 0 Å². The highest BCUT2D eigenvalue weighted by atomic mass is 15.3. The van der Waals surface area contributed by atoms with Gasteiger partial charge in [0.25, 0.3) is 0 Å².